The van der Waals surface area contributed by atoms with Crippen LogP contribution in [0.3, 0.4) is 0 Å². The Kier molecular flexibility index (Phi) is 5.00. The van der Waals surface area contributed by atoms with Crippen molar-refractivity contribution in [1.82, 2.24) is 19.9 Å². The number of aromatic amines is 1. The Morgan fingerprint density at radius 1 is 1.40 bits per heavy atom. The Labute approximate surface area is 183 Å². The van der Waals surface area contributed by atoms with Crippen LogP contribution in [0.25, 0.3) is 22.1 Å². The van der Waals surface area contributed by atoms with Crippen LogP contribution in [0.1, 0.15) is 19.0 Å². The van der Waals surface area contributed by atoms with Crippen molar-refractivity contribution in [2.24, 2.45) is 12.8 Å². The minimum Gasteiger partial charge on any atom is -0.354 e. The number of nitrogens with one attached hydrogen (secondary N) is 1. The minimum atomic E-state index is 0.152. The van der Waals surface area contributed by atoms with Crippen molar-refractivity contribution in [2.45, 2.75) is 35.9 Å². The largest absolute Gasteiger partial charge is 0.354 e. The zero-order valence-corrected chi connectivity index (χ0v) is 18.5. The molecule has 0 saturated carbocycles. The monoisotopic (exact) mass is 440 g/mol. The first-order valence-corrected chi connectivity index (χ1v) is 11.2. The van der Waals surface area contributed by atoms with E-state index in [-0.39, 0.29) is 6.04 Å². The highest BCUT2D eigenvalue weighted by atomic mass is 35.5. The summed E-state index contributed by atoms with van der Waals surface area (Å²) in [5.41, 5.74) is 9.93. The van der Waals surface area contributed by atoms with Gasteiger partial charge in [0.2, 0.25) is 5.52 Å². The maximum absolute atomic E-state index is 6.68. The molecule has 0 bridgehead atoms. The normalized spacial score (nSPS) is 16.8. The third-order valence-corrected chi connectivity index (χ3v) is 6.77. The number of H-pyrrole nitrogens is 1. The third kappa shape index (κ3) is 3.38. The zero-order chi connectivity index (χ0) is 20.8. The maximum Gasteiger partial charge on any atom is 0.232 e. The Bertz CT molecular complexity index is 1260. The lowest BCUT2D eigenvalue weighted by molar-refractivity contribution is -0.645. The standard InChI is InChI=1S/C21H23ClN7S/c1-3-14-18(22)17-19(25-14)26-21(27-20(17)29-8-6-12(23)11-29)30-13-9-16-15(24-10-13)5-4-7-28(16)2/h4-5,7,9-10,12H,3,6,8,11,23H2,1-2H3,(H,25,26,27)/q+1/t12-/m0/s1. The van der Waals surface area contributed by atoms with Crippen molar-refractivity contribution in [3.63, 3.8) is 0 Å². The molecule has 4 aromatic heterocycles. The molecule has 7 nitrogen and oxygen atoms in total. The van der Waals surface area contributed by atoms with Gasteiger partial charge in [-0.25, -0.2) is 15.0 Å². The van der Waals surface area contributed by atoms with Gasteiger partial charge in [-0.05, 0) is 30.7 Å². The van der Waals surface area contributed by atoms with Crippen molar-refractivity contribution < 1.29 is 4.57 Å². The molecule has 154 valence electrons. The predicted molar refractivity (Wildman–Crippen MR) is 120 cm³/mol. The molecular weight excluding hydrogens is 418 g/mol. The summed E-state index contributed by atoms with van der Waals surface area (Å²) in [6, 6.07) is 6.27. The Morgan fingerprint density at radius 3 is 3.03 bits per heavy atom. The molecule has 1 saturated heterocycles. The number of rotatable bonds is 4. The van der Waals surface area contributed by atoms with Gasteiger partial charge in [0.25, 0.3) is 0 Å². The number of anilines is 1. The molecule has 5 rings (SSSR count). The van der Waals surface area contributed by atoms with Crippen LogP contribution < -0.4 is 15.2 Å². The van der Waals surface area contributed by atoms with Crippen molar-refractivity contribution in [2.75, 3.05) is 18.0 Å². The summed E-state index contributed by atoms with van der Waals surface area (Å²) in [6.45, 7) is 3.71. The SMILES string of the molecule is CCc1[nH]c2nc(Sc3cnc4ccc[n+](C)c4c3)nc(N3CC[C@H](N)C3)c2c1Cl. The first-order chi connectivity index (χ1) is 14.5. The summed E-state index contributed by atoms with van der Waals surface area (Å²) in [5, 5.41) is 2.26. The smallest absolute Gasteiger partial charge is 0.232 e. The predicted octanol–water partition coefficient (Wildman–Crippen LogP) is 3.24. The molecule has 30 heavy (non-hydrogen) atoms. The van der Waals surface area contributed by atoms with Gasteiger partial charge < -0.3 is 15.6 Å². The Hall–Kier alpha value is -2.42. The van der Waals surface area contributed by atoms with E-state index in [0.29, 0.717) is 10.2 Å². The summed E-state index contributed by atoms with van der Waals surface area (Å²) in [7, 11) is 2.02. The van der Waals surface area contributed by atoms with Gasteiger partial charge in [-0.15, -0.1) is 0 Å². The van der Waals surface area contributed by atoms with Crippen LogP contribution in [0.5, 0.6) is 0 Å². The molecule has 1 fully saturated rings. The van der Waals surface area contributed by atoms with Crippen LogP contribution in [0.2, 0.25) is 5.02 Å². The van der Waals surface area contributed by atoms with E-state index in [2.05, 4.69) is 32.4 Å². The number of hydrogen-bond acceptors (Lipinski definition) is 6. The number of pyridine rings is 2. The van der Waals surface area contributed by atoms with E-state index in [1.807, 2.05) is 31.6 Å². The second kappa shape index (κ2) is 7.68. The molecule has 0 amide bonds. The van der Waals surface area contributed by atoms with Crippen LogP contribution in [0.4, 0.5) is 5.82 Å². The fraction of sp³-hybridized carbons (Fsp3) is 0.333. The van der Waals surface area contributed by atoms with Crippen molar-refractivity contribution in [1.29, 1.82) is 0 Å². The maximum atomic E-state index is 6.68. The van der Waals surface area contributed by atoms with Crippen LogP contribution in [-0.4, -0.2) is 39.1 Å². The highest BCUT2D eigenvalue weighted by molar-refractivity contribution is 7.99. The summed E-state index contributed by atoms with van der Waals surface area (Å²) >= 11 is 8.19. The van der Waals surface area contributed by atoms with E-state index >= 15 is 0 Å². The van der Waals surface area contributed by atoms with E-state index in [1.54, 1.807) is 0 Å². The first kappa shape index (κ1) is 19.5. The van der Waals surface area contributed by atoms with E-state index in [0.717, 1.165) is 64.4 Å². The molecule has 5 heterocycles. The molecule has 0 radical (unpaired) electrons. The van der Waals surface area contributed by atoms with Crippen LogP contribution >= 0.6 is 23.4 Å². The quantitative estimate of drug-likeness (QED) is 0.374. The Morgan fingerprint density at radius 2 is 2.27 bits per heavy atom. The molecule has 1 aliphatic heterocycles. The molecule has 9 heteroatoms. The van der Waals surface area contributed by atoms with E-state index in [4.69, 9.17) is 27.3 Å². The number of aryl methyl sites for hydroxylation is 2. The second-order valence-electron chi connectivity index (χ2n) is 7.62. The number of aromatic nitrogens is 5. The lowest BCUT2D eigenvalue weighted by Gasteiger charge is -2.18. The molecule has 0 spiro atoms. The van der Waals surface area contributed by atoms with E-state index < -0.39 is 0 Å². The van der Waals surface area contributed by atoms with Crippen LogP contribution in [-0.2, 0) is 13.5 Å². The van der Waals surface area contributed by atoms with Gasteiger partial charge in [-0.2, -0.15) is 4.57 Å². The fourth-order valence-electron chi connectivity index (χ4n) is 3.93. The number of hydrogen-bond donors (Lipinski definition) is 2. The molecule has 0 aromatic carbocycles. The molecule has 1 atom stereocenters. The summed E-state index contributed by atoms with van der Waals surface area (Å²) in [4.78, 5) is 20.9. The average Bonchev–Trinajstić information content (AvgIpc) is 3.31. The average molecular weight is 441 g/mol. The van der Waals surface area contributed by atoms with Crippen molar-refractivity contribution in [3.05, 3.63) is 41.3 Å². The van der Waals surface area contributed by atoms with Gasteiger partial charge >= 0.3 is 0 Å². The van der Waals surface area contributed by atoms with Gasteiger partial charge in [0.1, 0.15) is 24.0 Å². The topological polar surface area (TPSA) is 87.6 Å². The minimum absolute atomic E-state index is 0.152. The van der Waals surface area contributed by atoms with Crippen molar-refractivity contribution in [3.8, 4) is 0 Å². The highest BCUT2D eigenvalue weighted by Crippen LogP contribution is 2.37. The molecule has 0 unspecified atom stereocenters. The van der Waals surface area contributed by atoms with Gasteiger partial charge in [0.15, 0.2) is 11.4 Å². The summed E-state index contributed by atoms with van der Waals surface area (Å²) in [5.74, 6) is 0.857. The van der Waals surface area contributed by atoms with Gasteiger partial charge in [0, 0.05) is 48.1 Å². The lowest BCUT2D eigenvalue weighted by Crippen LogP contribution is -2.28. The number of nitrogens with zero attached hydrogens (tertiary/aromatic N) is 5. The second-order valence-corrected chi connectivity index (χ2v) is 9.03. The summed E-state index contributed by atoms with van der Waals surface area (Å²) in [6.07, 6.45) is 5.64. The molecule has 3 N–H and O–H groups in total. The van der Waals surface area contributed by atoms with E-state index in [9.17, 15) is 0 Å². The fourth-order valence-corrected chi connectivity index (χ4v) is 5.04. The third-order valence-electron chi connectivity index (χ3n) is 5.53. The highest BCUT2D eigenvalue weighted by Gasteiger charge is 2.26. The van der Waals surface area contributed by atoms with Crippen LogP contribution in [0.15, 0.2) is 40.6 Å². The lowest BCUT2D eigenvalue weighted by atomic mass is 10.3. The zero-order valence-electron chi connectivity index (χ0n) is 16.9. The van der Waals surface area contributed by atoms with Gasteiger partial charge in [0.05, 0.1) is 10.4 Å². The van der Waals surface area contributed by atoms with E-state index in [1.165, 1.54) is 11.8 Å². The summed E-state index contributed by atoms with van der Waals surface area (Å²) < 4.78 is 2.06. The number of halogens is 1. The van der Waals surface area contributed by atoms with Crippen molar-refractivity contribution >= 4 is 51.2 Å². The first-order valence-electron chi connectivity index (χ1n) is 10.0. The molecule has 0 aliphatic carbocycles. The van der Waals surface area contributed by atoms with Gasteiger partial charge in [-0.1, -0.05) is 18.5 Å². The number of fused-ring (bicyclic) bond motifs is 2. The Balaban J connectivity index is 1.60. The molecular formula is C21H23ClN7S+. The van der Waals surface area contributed by atoms with Gasteiger partial charge in [-0.3, -0.25) is 0 Å². The number of nitrogens with two attached hydrogens (primary N) is 1. The molecule has 1 aliphatic rings. The van der Waals surface area contributed by atoms with Crippen LogP contribution in [0, 0.1) is 0 Å². The molecule has 4 aromatic rings.